The van der Waals surface area contributed by atoms with E-state index in [0.717, 1.165) is 11.4 Å². The fraction of sp³-hybridized carbons (Fsp3) is 0.273. The van der Waals surface area contributed by atoms with Gasteiger partial charge < -0.3 is 9.88 Å². The highest BCUT2D eigenvalue weighted by molar-refractivity contribution is 7.26. The first kappa shape index (κ1) is 42.5. The number of benzene rings is 8. The van der Waals surface area contributed by atoms with E-state index in [0.29, 0.717) is 0 Å². The van der Waals surface area contributed by atoms with Gasteiger partial charge in [-0.3, -0.25) is 0 Å². The molecule has 0 atom stereocenters. The SMILES string of the molecule is CC(C)(C)c1ccc(Nc2cc3c(cc2-c2c4c(c5c6cc7c(cc6n6c5c2[B]c2cc5sc8ccccc8c5cc2-6)C(C)(C)CCC7(C)C)-c2ccccc2C4(C)C)-c2ccccc2C3(C)C)cc1. The minimum atomic E-state index is -0.304. The van der Waals surface area contributed by atoms with Crippen LogP contribution in [0.4, 0.5) is 11.4 Å². The Balaban J connectivity index is 1.18. The van der Waals surface area contributed by atoms with E-state index in [2.05, 4.69) is 227 Å². The average molecular weight is 924 g/mol. The van der Waals surface area contributed by atoms with Crippen molar-refractivity contribution in [3.63, 3.8) is 0 Å². The molecular formula is C66H60BN2S. The van der Waals surface area contributed by atoms with Gasteiger partial charge in [0.2, 0.25) is 0 Å². The first-order valence-corrected chi connectivity index (χ1v) is 26.4. The smallest absolute Gasteiger partial charge is 0.197 e. The van der Waals surface area contributed by atoms with Gasteiger partial charge >= 0.3 is 0 Å². The summed E-state index contributed by atoms with van der Waals surface area (Å²) in [6.45, 7) is 26.6. The number of nitrogens with zero attached hydrogens (tertiary/aromatic N) is 1. The molecule has 0 bridgehead atoms. The molecule has 10 aromatic rings. The molecule has 14 rings (SSSR count). The summed E-state index contributed by atoms with van der Waals surface area (Å²) in [4.78, 5) is 0. The molecule has 8 aromatic carbocycles. The van der Waals surface area contributed by atoms with Gasteiger partial charge in [0.25, 0.3) is 0 Å². The van der Waals surface area contributed by atoms with E-state index in [1.165, 1.54) is 144 Å². The highest BCUT2D eigenvalue weighted by Gasteiger charge is 2.45. The van der Waals surface area contributed by atoms with Crippen molar-refractivity contribution in [1.29, 1.82) is 0 Å². The van der Waals surface area contributed by atoms with Crippen LogP contribution in [0.2, 0.25) is 0 Å². The van der Waals surface area contributed by atoms with Crippen molar-refractivity contribution in [2.45, 2.75) is 116 Å². The van der Waals surface area contributed by atoms with Gasteiger partial charge in [0.1, 0.15) is 0 Å². The Morgan fingerprint density at radius 2 is 1.20 bits per heavy atom. The molecule has 1 N–H and O–H groups in total. The van der Waals surface area contributed by atoms with E-state index in [1.54, 1.807) is 0 Å². The molecule has 2 nitrogen and oxygen atoms in total. The Bertz CT molecular complexity index is 3970. The van der Waals surface area contributed by atoms with Gasteiger partial charge in [0.05, 0.1) is 5.52 Å². The number of aromatic nitrogens is 1. The van der Waals surface area contributed by atoms with Crippen LogP contribution >= 0.6 is 11.3 Å². The van der Waals surface area contributed by atoms with Gasteiger partial charge in [-0.1, -0.05) is 160 Å². The summed E-state index contributed by atoms with van der Waals surface area (Å²) < 4.78 is 5.39. The maximum Gasteiger partial charge on any atom is 0.197 e. The number of hydrogen-bond acceptors (Lipinski definition) is 2. The summed E-state index contributed by atoms with van der Waals surface area (Å²) in [5.41, 5.74) is 26.4. The van der Waals surface area contributed by atoms with Crippen molar-refractivity contribution in [1.82, 2.24) is 4.57 Å². The lowest BCUT2D eigenvalue weighted by atomic mass is 9.57. The lowest BCUT2D eigenvalue weighted by molar-refractivity contribution is 0.332. The quantitative estimate of drug-likeness (QED) is 0.175. The Kier molecular flexibility index (Phi) is 8.34. The topological polar surface area (TPSA) is 17.0 Å². The van der Waals surface area contributed by atoms with E-state index in [-0.39, 0.29) is 27.1 Å². The zero-order valence-electron chi connectivity index (χ0n) is 42.5. The number of nitrogens with one attached hydrogen (secondary N) is 1. The lowest BCUT2D eigenvalue weighted by Crippen LogP contribution is -2.38. The molecule has 3 aliphatic carbocycles. The number of rotatable bonds is 3. The largest absolute Gasteiger partial charge is 0.355 e. The van der Waals surface area contributed by atoms with Gasteiger partial charge in [0.15, 0.2) is 7.28 Å². The van der Waals surface area contributed by atoms with Crippen LogP contribution in [-0.2, 0) is 27.1 Å². The first-order valence-electron chi connectivity index (χ1n) is 25.6. The molecular weight excluding hydrogens is 864 g/mol. The Morgan fingerprint density at radius 3 is 1.93 bits per heavy atom. The van der Waals surface area contributed by atoms with Crippen molar-refractivity contribution in [2.24, 2.45) is 0 Å². The van der Waals surface area contributed by atoms with Gasteiger partial charge in [-0.2, -0.15) is 0 Å². The number of fused-ring (bicyclic) bond motifs is 16. The lowest BCUT2D eigenvalue weighted by Gasteiger charge is -2.42. The van der Waals surface area contributed by atoms with Crippen LogP contribution in [0.5, 0.6) is 0 Å². The fourth-order valence-corrected chi connectivity index (χ4v) is 14.9. The van der Waals surface area contributed by atoms with Crippen LogP contribution < -0.4 is 16.2 Å². The average Bonchev–Trinajstić information content (AvgIpc) is 4.00. The van der Waals surface area contributed by atoms with E-state index < -0.39 is 0 Å². The molecule has 2 aromatic heterocycles. The summed E-state index contributed by atoms with van der Waals surface area (Å²) in [6, 6.07) is 52.1. The van der Waals surface area contributed by atoms with E-state index in [1.807, 2.05) is 11.3 Å². The predicted octanol–water partition coefficient (Wildman–Crippen LogP) is 16.8. The van der Waals surface area contributed by atoms with Gasteiger partial charge in [-0.15, -0.1) is 11.3 Å². The Labute approximate surface area is 418 Å². The molecule has 4 aliphatic rings. The molecule has 0 saturated heterocycles. The molecule has 4 heteroatoms. The zero-order valence-corrected chi connectivity index (χ0v) is 43.4. The summed E-state index contributed by atoms with van der Waals surface area (Å²) in [5, 5.41) is 9.57. The third-order valence-electron chi connectivity index (χ3n) is 17.8. The van der Waals surface area contributed by atoms with Crippen molar-refractivity contribution >= 4 is 82.9 Å². The first-order chi connectivity index (χ1) is 33.3. The Hall–Kier alpha value is -6.36. The third kappa shape index (κ3) is 5.58. The summed E-state index contributed by atoms with van der Waals surface area (Å²) >= 11 is 1.92. The summed E-state index contributed by atoms with van der Waals surface area (Å²) in [5.74, 6) is 0. The van der Waals surface area contributed by atoms with Gasteiger partial charge in [-0.05, 0) is 156 Å². The minimum absolute atomic E-state index is 0.0532. The predicted molar refractivity (Wildman–Crippen MR) is 303 cm³/mol. The highest BCUT2D eigenvalue weighted by Crippen LogP contribution is 2.60. The molecule has 70 heavy (non-hydrogen) atoms. The van der Waals surface area contributed by atoms with Crippen LogP contribution in [0, 0.1) is 0 Å². The number of hydrogen-bond donors (Lipinski definition) is 1. The molecule has 3 heterocycles. The van der Waals surface area contributed by atoms with Crippen LogP contribution in [0.15, 0.2) is 133 Å². The van der Waals surface area contributed by atoms with Crippen molar-refractivity contribution in [3.8, 4) is 39.1 Å². The molecule has 0 fully saturated rings. The van der Waals surface area contributed by atoms with Gasteiger partial charge in [-0.25, -0.2) is 0 Å². The second-order valence-electron chi connectivity index (χ2n) is 24.7. The van der Waals surface area contributed by atoms with Crippen molar-refractivity contribution < 1.29 is 0 Å². The standard InChI is InChI=1S/C66H60BN2S/c1-62(2,3)36-24-26-37(27-25-36)68-51-33-47-41(38-18-12-15-21-45(38)65(47,8)9)30-43(51)58-59-56(40-20-13-16-22-46(40)66(59,10)11)57-44-31-48-49(64(6,7)29-28-63(48,4)5)34-52(44)69-53-32-42-39-19-14-17-23-54(39)70-55(42)35-50(53)67-60(58)61(57)69/h12-27,30-35,68H,28-29H2,1-11H3. The molecule has 0 amide bonds. The second kappa shape index (κ2) is 13.7. The van der Waals surface area contributed by atoms with E-state index in [9.17, 15) is 0 Å². The zero-order chi connectivity index (χ0) is 48.2. The third-order valence-corrected chi connectivity index (χ3v) is 18.9. The summed E-state index contributed by atoms with van der Waals surface area (Å²) in [6.07, 6.45) is 2.34. The fourth-order valence-electron chi connectivity index (χ4n) is 13.8. The molecule has 0 spiro atoms. The van der Waals surface area contributed by atoms with Crippen LogP contribution in [0.1, 0.15) is 128 Å². The minimum Gasteiger partial charge on any atom is -0.355 e. The molecule has 1 aliphatic heterocycles. The highest BCUT2D eigenvalue weighted by atomic mass is 32.1. The Morgan fingerprint density at radius 1 is 0.543 bits per heavy atom. The van der Waals surface area contributed by atoms with Crippen molar-refractivity contribution in [2.75, 3.05) is 5.32 Å². The summed E-state index contributed by atoms with van der Waals surface area (Å²) in [7, 11) is 2.59. The van der Waals surface area contributed by atoms with Crippen LogP contribution in [-0.4, -0.2) is 11.8 Å². The molecule has 0 saturated carbocycles. The van der Waals surface area contributed by atoms with Crippen LogP contribution in [0.3, 0.4) is 0 Å². The normalized spacial score (nSPS) is 17.2. The second-order valence-corrected chi connectivity index (χ2v) is 25.8. The maximum atomic E-state index is 4.14. The molecule has 0 unspecified atom stereocenters. The number of thiophene rings is 1. The maximum absolute atomic E-state index is 4.14. The monoisotopic (exact) mass is 923 g/mol. The van der Waals surface area contributed by atoms with E-state index >= 15 is 0 Å². The molecule has 343 valence electrons. The van der Waals surface area contributed by atoms with Crippen molar-refractivity contribution in [3.05, 3.63) is 172 Å². The van der Waals surface area contributed by atoms with Crippen LogP contribution in [0.25, 0.3) is 81.0 Å². The van der Waals surface area contributed by atoms with Gasteiger partial charge in [0, 0.05) is 69.9 Å². The molecule has 1 radical (unpaired) electrons. The van der Waals surface area contributed by atoms with E-state index in [4.69, 9.17) is 0 Å². The number of anilines is 2.